The molecule has 3 aromatic rings. The van der Waals surface area contributed by atoms with Crippen LogP contribution in [0, 0.1) is 0 Å². The average Bonchev–Trinajstić information content (AvgIpc) is 3.45. The van der Waals surface area contributed by atoms with Crippen molar-refractivity contribution in [1.29, 1.82) is 0 Å². The number of hydrazine groups is 1. The third-order valence-corrected chi connectivity index (χ3v) is 4.16. The van der Waals surface area contributed by atoms with Crippen molar-refractivity contribution in [3.8, 4) is 22.9 Å². The number of benzene rings is 2. The second-order valence-corrected chi connectivity index (χ2v) is 6.36. The van der Waals surface area contributed by atoms with Crippen molar-refractivity contribution in [3.05, 3.63) is 54.1 Å². The zero-order chi connectivity index (χ0) is 21.6. The molecule has 4 rings (SSSR count). The molecule has 0 bridgehead atoms. The Labute approximate surface area is 175 Å². The summed E-state index contributed by atoms with van der Waals surface area (Å²) in [5, 5.41) is 14.2. The van der Waals surface area contributed by atoms with Gasteiger partial charge in [0.25, 0.3) is 17.7 Å². The zero-order valence-corrected chi connectivity index (χ0v) is 16.1. The molecule has 0 atom stereocenters. The molecule has 0 spiro atoms. The molecule has 3 N–H and O–H groups in total. The van der Waals surface area contributed by atoms with E-state index in [0.29, 0.717) is 22.9 Å². The average molecular weight is 423 g/mol. The molecule has 2 heterocycles. The molecule has 0 saturated heterocycles. The highest BCUT2D eigenvalue weighted by Gasteiger charge is 2.17. The van der Waals surface area contributed by atoms with Gasteiger partial charge in [0.15, 0.2) is 11.5 Å². The molecule has 0 unspecified atom stereocenters. The fourth-order valence-electron chi connectivity index (χ4n) is 2.66. The molecule has 1 aromatic heterocycles. The predicted molar refractivity (Wildman–Crippen MR) is 104 cm³/mol. The van der Waals surface area contributed by atoms with Gasteiger partial charge in [0.1, 0.15) is 6.54 Å². The Kier molecular flexibility index (Phi) is 5.69. The molecular weight excluding hydrogens is 406 g/mol. The minimum Gasteiger partial charge on any atom is -0.454 e. The minimum absolute atomic E-state index is 0.0974. The van der Waals surface area contributed by atoms with E-state index in [1.165, 1.54) is 6.07 Å². The second-order valence-electron chi connectivity index (χ2n) is 6.36. The van der Waals surface area contributed by atoms with Crippen LogP contribution < -0.4 is 25.6 Å². The fourth-order valence-corrected chi connectivity index (χ4v) is 2.66. The van der Waals surface area contributed by atoms with E-state index in [1.807, 2.05) is 30.3 Å². The van der Waals surface area contributed by atoms with Crippen LogP contribution in [0.2, 0.25) is 0 Å². The minimum atomic E-state index is -0.612. The van der Waals surface area contributed by atoms with Crippen molar-refractivity contribution in [2.75, 3.05) is 13.3 Å². The van der Waals surface area contributed by atoms with Crippen LogP contribution in [-0.2, 0) is 16.1 Å². The lowest BCUT2D eigenvalue weighted by atomic mass is 10.2. The molecule has 3 amide bonds. The normalized spacial score (nSPS) is 11.6. The first-order chi connectivity index (χ1) is 15.1. The number of aromatic nitrogens is 4. The Morgan fingerprint density at radius 1 is 0.968 bits per heavy atom. The number of fused-ring (bicyclic) bond motifs is 1. The zero-order valence-electron chi connectivity index (χ0n) is 16.1. The fraction of sp³-hybridized carbons (Fsp3) is 0.158. The summed E-state index contributed by atoms with van der Waals surface area (Å²) >= 11 is 0. The molecule has 12 heteroatoms. The SMILES string of the molecule is O=C(CNC(=O)c1ccc2c(c1)OCO2)NNC(=O)Cn1nnc(-c2ccccc2)n1. The topological polar surface area (TPSA) is 149 Å². The van der Waals surface area contributed by atoms with Crippen molar-refractivity contribution in [2.45, 2.75) is 6.54 Å². The monoisotopic (exact) mass is 423 g/mol. The highest BCUT2D eigenvalue weighted by Crippen LogP contribution is 2.32. The summed E-state index contributed by atoms with van der Waals surface area (Å²) in [6.45, 7) is -0.489. The number of nitrogens with one attached hydrogen (secondary N) is 3. The maximum atomic E-state index is 12.1. The number of tetrazole rings is 1. The summed E-state index contributed by atoms with van der Waals surface area (Å²) in [4.78, 5) is 37.1. The van der Waals surface area contributed by atoms with Gasteiger partial charge >= 0.3 is 0 Å². The molecule has 158 valence electrons. The van der Waals surface area contributed by atoms with Gasteiger partial charge in [-0.05, 0) is 23.4 Å². The number of hydrogen-bond acceptors (Lipinski definition) is 8. The number of ether oxygens (including phenoxy) is 2. The summed E-state index contributed by atoms with van der Waals surface area (Å²) in [6.07, 6.45) is 0. The van der Waals surface area contributed by atoms with Crippen molar-refractivity contribution in [1.82, 2.24) is 36.4 Å². The van der Waals surface area contributed by atoms with E-state index >= 15 is 0 Å². The van der Waals surface area contributed by atoms with E-state index in [1.54, 1.807) is 12.1 Å². The first-order valence-corrected chi connectivity index (χ1v) is 9.17. The van der Waals surface area contributed by atoms with E-state index < -0.39 is 17.7 Å². The van der Waals surface area contributed by atoms with Crippen LogP contribution in [0.25, 0.3) is 11.4 Å². The molecule has 0 saturated carbocycles. The van der Waals surface area contributed by atoms with Gasteiger partial charge in [0.2, 0.25) is 12.6 Å². The largest absolute Gasteiger partial charge is 0.454 e. The van der Waals surface area contributed by atoms with Crippen molar-refractivity contribution in [3.63, 3.8) is 0 Å². The quantitative estimate of drug-likeness (QED) is 0.455. The lowest BCUT2D eigenvalue weighted by molar-refractivity contribution is -0.129. The Morgan fingerprint density at radius 3 is 2.58 bits per heavy atom. The van der Waals surface area contributed by atoms with Crippen LogP contribution in [0.4, 0.5) is 0 Å². The maximum absolute atomic E-state index is 12.1. The van der Waals surface area contributed by atoms with Gasteiger partial charge in [-0.25, -0.2) is 0 Å². The number of carbonyl (C=O) groups excluding carboxylic acids is 3. The third kappa shape index (κ3) is 4.93. The first-order valence-electron chi connectivity index (χ1n) is 9.17. The van der Waals surface area contributed by atoms with E-state index in [4.69, 9.17) is 9.47 Å². The Bertz CT molecular complexity index is 1120. The van der Waals surface area contributed by atoms with Crippen LogP contribution in [0.5, 0.6) is 11.5 Å². The van der Waals surface area contributed by atoms with Gasteiger partial charge < -0.3 is 14.8 Å². The number of carbonyl (C=O) groups is 3. The summed E-state index contributed by atoms with van der Waals surface area (Å²) in [5.74, 6) is -0.258. The summed E-state index contributed by atoms with van der Waals surface area (Å²) in [6, 6.07) is 13.9. The summed E-state index contributed by atoms with van der Waals surface area (Å²) < 4.78 is 10.4. The van der Waals surface area contributed by atoms with Crippen LogP contribution in [0.3, 0.4) is 0 Å². The standard InChI is InChI=1S/C19H17N7O5/c27-16(9-20-19(29)13-6-7-14-15(8-13)31-11-30-14)21-22-17(28)10-26-24-18(23-25-26)12-4-2-1-3-5-12/h1-8H,9-11H2,(H,20,29)(H,21,27)(H,22,28). The molecule has 0 radical (unpaired) electrons. The number of amides is 3. The Morgan fingerprint density at radius 2 is 1.74 bits per heavy atom. The van der Waals surface area contributed by atoms with E-state index in [-0.39, 0.29) is 19.9 Å². The summed E-state index contributed by atoms with van der Waals surface area (Å²) in [7, 11) is 0. The predicted octanol–water partition coefficient (Wildman–Crippen LogP) is -0.354. The van der Waals surface area contributed by atoms with Crippen molar-refractivity contribution < 1.29 is 23.9 Å². The Balaban J connectivity index is 1.20. The molecule has 31 heavy (non-hydrogen) atoms. The highest BCUT2D eigenvalue weighted by atomic mass is 16.7. The second kappa shape index (κ2) is 8.90. The number of rotatable bonds is 6. The number of hydrogen-bond donors (Lipinski definition) is 3. The van der Waals surface area contributed by atoms with Gasteiger partial charge in [-0.2, -0.15) is 4.80 Å². The van der Waals surface area contributed by atoms with Gasteiger partial charge in [-0.1, -0.05) is 30.3 Å². The molecule has 12 nitrogen and oxygen atoms in total. The smallest absolute Gasteiger partial charge is 0.262 e. The lowest BCUT2D eigenvalue weighted by Gasteiger charge is -2.08. The van der Waals surface area contributed by atoms with E-state index in [2.05, 4.69) is 31.6 Å². The van der Waals surface area contributed by atoms with E-state index in [0.717, 1.165) is 10.4 Å². The van der Waals surface area contributed by atoms with Gasteiger partial charge in [0, 0.05) is 11.1 Å². The maximum Gasteiger partial charge on any atom is 0.262 e. The van der Waals surface area contributed by atoms with Crippen molar-refractivity contribution >= 4 is 17.7 Å². The molecule has 0 fully saturated rings. The van der Waals surface area contributed by atoms with Crippen LogP contribution >= 0.6 is 0 Å². The highest BCUT2D eigenvalue weighted by molar-refractivity contribution is 5.97. The van der Waals surface area contributed by atoms with Crippen LogP contribution in [0.15, 0.2) is 48.5 Å². The number of nitrogens with zero attached hydrogens (tertiary/aromatic N) is 4. The van der Waals surface area contributed by atoms with E-state index in [9.17, 15) is 14.4 Å². The Hall–Kier alpha value is -4.48. The van der Waals surface area contributed by atoms with Gasteiger partial charge in [-0.3, -0.25) is 25.2 Å². The molecule has 1 aliphatic rings. The van der Waals surface area contributed by atoms with Gasteiger partial charge in [-0.15, -0.1) is 10.2 Å². The van der Waals surface area contributed by atoms with Gasteiger partial charge in [0.05, 0.1) is 6.54 Å². The third-order valence-electron chi connectivity index (χ3n) is 4.16. The summed E-state index contributed by atoms with van der Waals surface area (Å²) in [5.41, 5.74) is 5.50. The molecule has 2 aromatic carbocycles. The van der Waals surface area contributed by atoms with Crippen molar-refractivity contribution in [2.24, 2.45) is 0 Å². The van der Waals surface area contributed by atoms with Crippen LogP contribution in [0.1, 0.15) is 10.4 Å². The molecular formula is C19H17N7O5. The lowest BCUT2D eigenvalue weighted by Crippen LogP contribution is -2.47. The van der Waals surface area contributed by atoms with Crippen LogP contribution in [-0.4, -0.2) is 51.3 Å². The first kappa shape index (κ1) is 19.8. The molecule has 0 aliphatic carbocycles. The molecule has 1 aliphatic heterocycles.